The molecule has 0 radical (unpaired) electrons. The van der Waals surface area contributed by atoms with Crippen molar-refractivity contribution in [3.8, 4) is 11.1 Å². The molecule has 4 N–H and O–H groups in total. The molecule has 164 valence electrons. The third kappa shape index (κ3) is 6.02. The number of primary amides is 1. The van der Waals surface area contributed by atoms with Gasteiger partial charge in [-0.1, -0.05) is 24.3 Å². The number of ether oxygens (including phenoxy) is 1. The summed E-state index contributed by atoms with van der Waals surface area (Å²) in [5.41, 5.74) is 7.65. The molecule has 0 unspecified atom stereocenters. The zero-order chi connectivity index (χ0) is 22.4. The monoisotopic (exact) mass is 428 g/mol. The molecule has 31 heavy (non-hydrogen) atoms. The van der Waals surface area contributed by atoms with E-state index in [9.17, 15) is 18.8 Å². The predicted molar refractivity (Wildman–Crippen MR) is 114 cm³/mol. The maximum Gasteiger partial charge on any atom is 0.414 e. The highest BCUT2D eigenvalue weighted by molar-refractivity contribution is 5.90. The number of nitrogens with zero attached hydrogens (tertiary/aromatic N) is 1. The van der Waals surface area contributed by atoms with Crippen LogP contribution in [0, 0.1) is 5.82 Å². The fraction of sp³-hybridized carbons (Fsp3) is 0.318. The van der Waals surface area contributed by atoms with Crippen LogP contribution >= 0.6 is 0 Å². The number of halogens is 1. The van der Waals surface area contributed by atoms with Crippen molar-refractivity contribution in [2.75, 3.05) is 31.1 Å². The third-order valence-corrected chi connectivity index (χ3v) is 4.87. The van der Waals surface area contributed by atoms with Gasteiger partial charge in [-0.25, -0.2) is 9.18 Å². The van der Waals surface area contributed by atoms with Crippen molar-refractivity contribution in [1.82, 2.24) is 10.6 Å². The van der Waals surface area contributed by atoms with Crippen molar-refractivity contribution in [2.24, 2.45) is 5.73 Å². The molecule has 0 spiro atoms. The first-order valence-electron chi connectivity index (χ1n) is 9.94. The second-order valence-electron chi connectivity index (χ2n) is 7.31. The number of cyclic esters (lactones) is 1. The van der Waals surface area contributed by atoms with Crippen molar-refractivity contribution in [3.05, 3.63) is 53.8 Å². The van der Waals surface area contributed by atoms with Crippen LogP contribution in [0.15, 0.2) is 42.5 Å². The largest absolute Gasteiger partial charge is 0.442 e. The molecule has 1 fully saturated rings. The van der Waals surface area contributed by atoms with Crippen molar-refractivity contribution >= 4 is 23.6 Å². The summed E-state index contributed by atoms with van der Waals surface area (Å²) >= 11 is 0. The van der Waals surface area contributed by atoms with Crippen LogP contribution in [0.5, 0.6) is 0 Å². The Hall–Kier alpha value is -3.46. The fourth-order valence-electron chi connectivity index (χ4n) is 3.30. The molecule has 0 aliphatic carbocycles. The summed E-state index contributed by atoms with van der Waals surface area (Å²) in [6.07, 6.45) is -0.341. The molecule has 1 aliphatic rings. The van der Waals surface area contributed by atoms with Gasteiger partial charge in [0.15, 0.2) is 0 Å². The Morgan fingerprint density at radius 1 is 1.23 bits per heavy atom. The number of nitrogens with two attached hydrogens (primary N) is 1. The van der Waals surface area contributed by atoms with E-state index in [-0.39, 0.29) is 25.5 Å². The Bertz CT molecular complexity index is 964. The molecule has 1 heterocycles. The molecule has 2 aromatic carbocycles. The lowest BCUT2D eigenvalue weighted by Crippen LogP contribution is -2.33. The standard InChI is InChI=1S/C22H25FN4O4/c1-14(28)26-11-18-13-27(22(30)31-18)17-6-7-19(20(23)10-17)16-4-2-15(3-5-16)8-9-25-12-21(24)29/h2-7,10,18,25H,8-9,11-13H2,1H3,(H2,24,29)(H,26,28)/t18-/m0/s1. The highest BCUT2D eigenvalue weighted by Gasteiger charge is 2.32. The van der Waals surface area contributed by atoms with Gasteiger partial charge in [-0.15, -0.1) is 0 Å². The Morgan fingerprint density at radius 2 is 1.97 bits per heavy atom. The van der Waals surface area contributed by atoms with Gasteiger partial charge < -0.3 is 21.1 Å². The molecule has 9 heteroatoms. The highest BCUT2D eigenvalue weighted by atomic mass is 19.1. The van der Waals surface area contributed by atoms with Gasteiger partial charge in [0.25, 0.3) is 0 Å². The zero-order valence-electron chi connectivity index (χ0n) is 17.2. The summed E-state index contributed by atoms with van der Waals surface area (Å²) < 4.78 is 20.0. The second kappa shape index (κ2) is 10.0. The highest BCUT2D eigenvalue weighted by Crippen LogP contribution is 2.29. The number of nitrogens with one attached hydrogen (secondary N) is 2. The van der Waals surface area contributed by atoms with E-state index in [4.69, 9.17) is 10.5 Å². The molecular weight excluding hydrogens is 403 g/mol. The van der Waals surface area contributed by atoms with Gasteiger partial charge in [-0.05, 0) is 42.3 Å². The first-order chi connectivity index (χ1) is 14.8. The number of anilines is 1. The van der Waals surface area contributed by atoms with E-state index in [1.807, 2.05) is 24.3 Å². The first-order valence-corrected chi connectivity index (χ1v) is 9.94. The molecule has 3 amide bonds. The van der Waals surface area contributed by atoms with Crippen LogP contribution in [0.25, 0.3) is 11.1 Å². The summed E-state index contributed by atoms with van der Waals surface area (Å²) in [7, 11) is 0. The van der Waals surface area contributed by atoms with Gasteiger partial charge in [0.05, 0.1) is 25.3 Å². The SMILES string of the molecule is CC(=O)NC[C@H]1CN(c2ccc(-c3ccc(CCNCC(N)=O)cc3)c(F)c2)C(=O)O1. The molecule has 2 aromatic rings. The summed E-state index contributed by atoms with van der Waals surface area (Å²) in [5, 5.41) is 5.55. The molecule has 1 atom stereocenters. The van der Waals surface area contributed by atoms with Crippen LogP contribution in [-0.2, 0) is 20.7 Å². The lowest BCUT2D eigenvalue weighted by Gasteiger charge is -2.15. The van der Waals surface area contributed by atoms with Gasteiger partial charge in [-0.2, -0.15) is 0 Å². The summed E-state index contributed by atoms with van der Waals surface area (Å²) in [5.74, 6) is -1.07. The number of hydrogen-bond donors (Lipinski definition) is 3. The number of benzene rings is 2. The predicted octanol–water partition coefficient (Wildman–Crippen LogP) is 1.57. The number of rotatable bonds is 9. The molecule has 0 bridgehead atoms. The van der Waals surface area contributed by atoms with Crippen molar-refractivity contribution in [2.45, 2.75) is 19.4 Å². The van der Waals surface area contributed by atoms with E-state index in [0.717, 1.165) is 5.56 Å². The van der Waals surface area contributed by atoms with Crippen molar-refractivity contribution < 1.29 is 23.5 Å². The molecule has 8 nitrogen and oxygen atoms in total. The Kier molecular flexibility index (Phi) is 7.19. The first kappa shape index (κ1) is 22.2. The average molecular weight is 428 g/mol. The smallest absolute Gasteiger partial charge is 0.414 e. The molecule has 1 aliphatic heterocycles. The molecule has 1 saturated heterocycles. The summed E-state index contributed by atoms with van der Waals surface area (Å²) in [6.45, 7) is 2.57. The number of hydrogen-bond acceptors (Lipinski definition) is 5. The fourth-order valence-corrected chi connectivity index (χ4v) is 3.30. The van der Waals surface area contributed by atoms with E-state index in [2.05, 4.69) is 10.6 Å². The Morgan fingerprint density at radius 3 is 2.61 bits per heavy atom. The van der Waals surface area contributed by atoms with Crippen LogP contribution in [0.2, 0.25) is 0 Å². The summed E-state index contributed by atoms with van der Waals surface area (Å²) in [6, 6.07) is 12.1. The maximum atomic E-state index is 14.8. The summed E-state index contributed by atoms with van der Waals surface area (Å²) in [4.78, 5) is 35.2. The van der Waals surface area contributed by atoms with Crippen LogP contribution < -0.4 is 21.3 Å². The van der Waals surface area contributed by atoms with Crippen LogP contribution in [0.3, 0.4) is 0 Å². The molecular formula is C22H25FN4O4. The number of amides is 3. The topological polar surface area (TPSA) is 114 Å². The number of carbonyl (C=O) groups excluding carboxylic acids is 3. The third-order valence-electron chi connectivity index (χ3n) is 4.87. The quantitative estimate of drug-likeness (QED) is 0.525. The van der Waals surface area contributed by atoms with E-state index >= 15 is 0 Å². The van der Waals surface area contributed by atoms with E-state index in [1.165, 1.54) is 17.9 Å². The molecule has 3 rings (SSSR count). The lowest BCUT2D eigenvalue weighted by atomic mass is 10.0. The minimum Gasteiger partial charge on any atom is -0.442 e. The minimum absolute atomic E-state index is 0.133. The number of carbonyl (C=O) groups is 3. The van der Waals surface area contributed by atoms with Crippen LogP contribution in [0.4, 0.5) is 14.9 Å². The van der Waals surface area contributed by atoms with Gasteiger partial charge >= 0.3 is 6.09 Å². The van der Waals surface area contributed by atoms with Crippen LogP contribution in [0.1, 0.15) is 12.5 Å². The second-order valence-corrected chi connectivity index (χ2v) is 7.31. The minimum atomic E-state index is -0.572. The molecule has 0 saturated carbocycles. The van der Waals surface area contributed by atoms with Crippen molar-refractivity contribution in [3.63, 3.8) is 0 Å². The van der Waals surface area contributed by atoms with E-state index < -0.39 is 23.9 Å². The average Bonchev–Trinajstić information content (AvgIpc) is 3.11. The Balaban J connectivity index is 1.63. The zero-order valence-corrected chi connectivity index (χ0v) is 17.2. The van der Waals surface area contributed by atoms with Gasteiger partial charge in [0.1, 0.15) is 11.9 Å². The molecule has 0 aromatic heterocycles. The normalized spacial score (nSPS) is 15.6. The Labute approximate surface area is 179 Å². The van der Waals surface area contributed by atoms with Gasteiger partial charge in [-0.3, -0.25) is 14.5 Å². The lowest BCUT2D eigenvalue weighted by molar-refractivity contribution is -0.119. The van der Waals surface area contributed by atoms with E-state index in [1.54, 1.807) is 12.1 Å². The van der Waals surface area contributed by atoms with Crippen LogP contribution in [-0.4, -0.2) is 50.2 Å². The van der Waals surface area contributed by atoms with E-state index in [0.29, 0.717) is 29.8 Å². The maximum absolute atomic E-state index is 14.8. The van der Waals surface area contributed by atoms with Gasteiger partial charge in [0.2, 0.25) is 11.8 Å². The van der Waals surface area contributed by atoms with Gasteiger partial charge in [0, 0.05) is 12.5 Å². The van der Waals surface area contributed by atoms with Crippen molar-refractivity contribution in [1.29, 1.82) is 0 Å².